The first-order valence-electron chi connectivity index (χ1n) is 8.01. The van der Waals surface area contributed by atoms with Gasteiger partial charge in [0, 0.05) is 30.9 Å². The van der Waals surface area contributed by atoms with Crippen LogP contribution >= 0.6 is 11.8 Å². The molecule has 0 amide bonds. The van der Waals surface area contributed by atoms with Crippen molar-refractivity contribution in [3.63, 3.8) is 0 Å². The number of nitrogens with zero attached hydrogens (tertiary/aromatic N) is 2. The number of aryl methyl sites for hydroxylation is 1. The van der Waals surface area contributed by atoms with Gasteiger partial charge in [0.2, 0.25) is 0 Å². The van der Waals surface area contributed by atoms with Crippen LogP contribution in [0, 0.1) is 12.8 Å². The summed E-state index contributed by atoms with van der Waals surface area (Å²) >= 11 is 1.55. The van der Waals surface area contributed by atoms with Crippen molar-refractivity contribution in [2.24, 2.45) is 10.9 Å². The summed E-state index contributed by atoms with van der Waals surface area (Å²) < 4.78 is 0. The highest BCUT2D eigenvalue weighted by Crippen LogP contribution is 2.32. The van der Waals surface area contributed by atoms with Gasteiger partial charge in [-0.3, -0.25) is 14.8 Å². The molecule has 1 aliphatic heterocycles. The van der Waals surface area contributed by atoms with Crippen molar-refractivity contribution < 1.29 is 4.79 Å². The first-order valence-corrected chi connectivity index (χ1v) is 9.00. The molecule has 2 aromatic rings. The van der Waals surface area contributed by atoms with Gasteiger partial charge in [-0.1, -0.05) is 42.8 Å². The van der Waals surface area contributed by atoms with Crippen molar-refractivity contribution >= 4 is 28.2 Å². The molecule has 1 unspecified atom stereocenters. The van der Waals surface area contributed by atoms with Crippen LogP contribution in [0.3, 0.4) is 0 Å². The number of pyridine rings is 1. The number of aromatic nitrogens is 1. The second-order valence-corrected chi connectivity index (χ2v) is 7.00. The maximum absolute atomic E-state index is 12.2. The van der Waals surface area contributed by atoms with E-state index in [0.717, 1.165) is 21.7 Å². The van der Waals surface area contributed by atoms with E-state index in [2.05, 4.69) is 23.0 Å². The molecule has 0 aliphatic carbocycles. The molecule has 1 aromatic carbocycles. The van der Waals surface area contributed by atoms with Crippen molar-refractivity contribution in [1.82, 2.24) is 4.98 Å². The largest absolute Gasteiger partial charge is 0.298 e. The summed E-state index contributed by atoms with van der Waals surface area (Å²) in [6.45, 7) is 4.17. The van der Waals surface area contributed by atoms with E-state index in [1.54, 1.807) is 18.0 Å². The zero-order valence-electron chi connectivity index (χ0n) is 13.9. The van der Waals surface area contributed by atoms with Gasteiger partial charge in [-0.2, -0.15) is 0 Å². The van der Waals surface area contributed by atoms with Gasteiger partial charge in [-0.15, -0.1) is 11.8 Å². The molecule has 1 aliphatic rings. The maximum atomic E-state index is 12.2. The second-order valence-electron chi connectivity index (χ2n) is 6.01. The molecule has 4 heteroatoms. The molecule has 0 saturated carbocycles. The van der Waals surface area contributed by atoms with E-state index in [1.165, 1.54) is 5.56 Å². The molecule has 122 valence electrons. The Balaban J connectivity index is 1.54. The molecule has 1 atom stereocenters. The van der Waals surface area contributed by atoms with Crippen molar-refractivity contribution in [1.29, 1.82) is 0 Å². The molecule has 3 rings (SSSR count). The molecule has 0 N–H and O–H groups in total. The molecule has 3 nitrogen and oxygen atoms in total. The van der Waals surface area contributed by atoms with Gasteiger partial charge >= 0.3 is 0 Å². The second kappa shape index (κ2) is 7.58. The Morgan fingerprint density at radius 1 is 1.25 bits per heavy atom. The number of benzene rings is 1. The normalized spacial score (nSPS) is 16.7. The zero-order valence-corrected chi connectivity index (χ0v) is 14.7. The number of allylic oxidation sites excluding steroid dienone is 1. The molecule has 0 saturated heterocycles. The van der Waals surface area contributed by atoms with E-state index in [4.69, 9.17) is 0 Å². The molecule has 24 heavy (non-hydrogen) atoms. The molecule has 1 aromatic heterocycles. The number of Topliss-reactive ketones (excluding diaryl/α,β-unsaturated/α-hetero) is 1. The number of aliphatic imine (C=N–C) groups is 1. The predicted octanol–water partition coefficient (Wildman–Crippen LogP) is 4.32. The summed E-state index contributed by atoms with van der Waals surface area (Å²) in [5.74, 6) is 0.909. The van der Waals surface area contributed by atoms with E-state index in [1.807, 2.05) is 49.7 Å². The fraction of sp³-hybridized carbons (Fsp3) is 0.250. The Hall–Kier alpha value is -2.20. The van der Waals surface area contributed by atoms with Crippen LogP contribution in [0.5, 0.6) is 0 Å². The highest BCUT2D eigenvalue weighted by atomic mass is 32.2. The van der Waals surface area contributed by atoms with E-state index >= 15 is 0 Å². The Labute approximate surface area is 146 Å². The summed E-state index contributed by atoms with van der Waals surface area (Å²) in [5, 5.41) is 1.01. The van der Waals surface area contributed by atoms with Gasteiger partial charge in [-0.25, -0.2) is 0 Å². The van der Waals surface area contributed by atoms with E-state index < -0.39 is 0 Å². The molecule has 0 bridgehead atoms. The van der Waals surface area contributed by atoms with Crippen LogP contribution < -0.4 is 0 Å². The number of carbonyl (C=O) groups excluding carboxylic acids is 1. The standard InChI is InChI=1S/C20H20N2OS/c1-14-5-3-6-16(9-14)10-18(23)13-24-20-15(2)19(12-22-20)17-7-4-8-21-11-17/h3-9,11-12,15H,10,13H2,1-2H3. The van der Waals surface area contributed by atoms with Gasteiger partial charge in [0.05, 0.1) is 10.8 Å². The number of thioether (sulfide) groups is 1. The summed E-state index contributed by atoms with van der Waals surface area (Å²) in [6.07, 6.45) is 6.01. The Morgan fingerprint density at radius 2 is 2.12 bits per heavy atom. The fourth-order valence-corrected chi connectivity index (χ4v) is 3.68. The van der Waals surface area contributed by atoms with Gasteiger partial charge < -0.3 is 0 Å². The SMILES string of the molecule is Cc1cccc(CC(=O)CSC2=NC=C(c3cccnc3)C2C)c1. The van der Waals surface area contributed by atoms with Gasteiger partial charge in [0.1, 0.15) is 5.78 Å². The topological polar surface area (TPSA) is 42.3 Å². The average molecular weight is 336 g/mol. The minimum absolute atomic E-state index is 0.214. The number of rotatable bonds is 5. The zero-order chi connectivity index (χ0) is 16.9. The molecule has 0 fully saturated rings. The highest BCUT2D eigenvalue weighted by Gasteiger charge is 2.23. The van der Waals surface area contributed by atoms with Crippen LogP contribution in [-0.2, 0) is 11.2 Å². The fourth-order valence-electron chi connectivity index (χ4n) is 2.77. The molecule has 0 radical (unpaired) electrons. The smallest absolute Gasteiger partial charge is 0.147 e. The predicted molar refractivity (Wildman–Crippen MR) is 101 cm³/mol. The lowest BCUT2D eigenvalue weighted by Gasteiger charge is -2.12. The first kappa shape index (κ1) is 16.7. The average Bonchev–Trinajstić information content (AvgIpc) is 2.94. The lowest BCUT2D eigenvalue weighted by Crippen LogP contribution is -2.11. The molecular weight excluding hydrogens is 316 g/mol. The monoisotopic (exact) mass is 336 g/mol. The van der Waals surface area contributed by atoms with Crippen molar-refractivity contribution in [2.75, 3.05) is 5.75 Å². The highest BCUT2D eigenvalue weighted by molar-refractivity contribution is 8.14. The van der Waals surface area contributed by atoms with Crippen LogP contribution in [0.1, 0.15) is 23.6 Å². The van der Waals surface area contributed by atoms with Crippen LogP contribution in [-0.4, -0.2) is 21.6 Å². The van der Waals surface area contributed by atoms with Crippen LogP contribution in [0.4, 0.5) is 0 Å². The minimum Gasteiger partial charge on any atom is -0.298 e. The van der Waals surface area contributed by atoms with Crippen LogP contribution in [0.2, 0.25) is 0 Å². The van der Waals surface area contributed by atoms with E-state index in [-0.39, 0.29) is 11.7 Å². The number of ketones is 1. The molecule has 2 heterocycles. The Bertz CT molecular complexity index is 796. The third-order valence-corrected chi connectivity index (χ3v) is 5.25. The van der Waals surface area contributed by atoms with Crippen LogP contribution in [0.25, 0.3) is 5.57 Å². The number of hydrogen-bond acceptors (Lipinski definition) is 4. The van der Waals surface area contributed by atoms with E-state index in [0.29, 0.717) is 12.2 Å². The molecular formula is C20H20N2OS. The Kier molecular flexibility index (Phi) is 5.26. The van der Waals surface area contributed by atoms with Gasteiger partial charge in [0.25, 0.3) is 0 Å². The summed E-state index contributed by atoms with van der Waals surface area (Å²) in [4.78, 5) is 20.9. The summed E-state index contributed by atoms with van der Waals surface area (Å²) in [7, 11) is 0. The molecule has 0 spiro atoms. The van der Waals surface area contributed by atoms with Crippen molar-refractivity contribution in [3.05, 3.63) is 71.7 Å². The maximum Gasteiger partial charge on any atom is 0.147 e. The lowest BCUT2D eigenvalue weighted by molar-refractivity contribution is -0.115. The third-order valence-electron chi connectivity index (χ3n) is 4.03. The summed E-state index contributed by atoms with van der Waals surface area (Å²) in [5.41, 5.74) is 4.52. The van der Waals surface area contributed by atoms with E-state index in [9.17, 15) is 4.79 Å². The van der Waals surface area contributed by atoms with Crippen molar-refractivity contribution in [3.8, 4) is 0 Å². The minimum atomic E-state index is 0.214. The Morgan fingerprint density at radius 3 is 2.88 bits per heavy atom. The quantitative estimate of drug-likeness (QED) is 0.816. The lowest BCUT2D eigenvalue weighted by atomic mass is 9.99. The number of carbonyl (C=O) groups is 1. The van der Waals surface area contributed by atoms with Crippen molar-refractivity contribution in [2.45, 2.75) is 20.3 Å². The third kappa shape index (κ3) is 4.01. The van der Waals surface area contributed by atoms with Gasteiger partial charge in [0.15, 0.2) is 0 Å². The first-order chi connectivity index (χ1) is 11.6. The van der Waals surface area contributed by atoms with Crippen LogP contribution in [0.15, 0.2) is 60.0 Å². The summed E-state index contributed by atoms with van der Waals surface area (Å²) in [6, 6.07) is 12.1. The number of hydrogen-bond donors (Lipinski definition) is 0. The van der Waals surface area contributed by atoms with Gasteiger partial charge in [-0.05, 0) is 29.7 Å².